The molecule has 4 rings (SSSR count). The molecule has 2 aromatic rings. The van der Waals surface area contributed by atoms with Crippen LogP contribution in [0.4, 0.5) is 0 Å². The summed E-state index contributed by atoms with van der Waals surface area (Å²) in [7, 11) is 0. The van der Waals surface area contributed by atoms with Gasteiger partial charge in [0, 0.05) is 10.9 Å². The molecule has 140 valence electrons. The average Bonchev–Trinajstić information content (AvgIpc) is 3.07. The molecule has 3 nitrogen and oxygen atoms in total. The fourth-order valence-corrected chi connectivity index (χ4v) is 5.16. The molecule has 0 bridgehead atoms. The molecule has 1 amide bonds. The number of nitrogens with two attached hydrogens (primary N) is 1. The fraction of sp³-hybridized carbons (Fsp3) is 0.609. The lowest BCUT2D eigenvalue weighted by molar-refractivity contribution is 0.0996. The first kappa shape index (κ1) is 17.6. The fourth-order valence-electron chi connectivity index (χ4n) is 5.16. The Hall–Kier alpha value is -1.77. The Bertz CT molecular complexity index is 790. The van der Waals surface area contributed by atoms with E-state index in [9.17, 15) is 4.79 Å². The van der Waals surface area contributed by atoms with Crippen molar-refractivity contribution in [3.05, 3.63) is 35.0 Å². The highest BCUT2D eigenvalue weighted by molar-refractivity contribution is 5.98. The highest BCUT2D eigenvalue weighted by Crippen LogP contribution is 2.42. The molecule has 0 radical (unpaired) electrons. The van der Waals surface area contributed by atoms with Gasteiger partial charge in [-0.05, 0) is 72.6 Å². The number of hydrogen-bond donors (Lipinski definition) is 2. The third-order valence-corrected chi connectivity index (χ3v) is 7.00. The van der Waals surface area contributed by atoms with E-state index >= 15 is 0 Å². The van der Waals surface area contributed by atoms with Crippen LogP contribution in [0.15, 0.2) is 18.2 Å². The van der Waals surface area contributed by atoms with Gasteiger partial charge in [-0.3, -0.25) is 4.79 Å². The molecule has 0 unspecified atom stereocenters. The number of carbonyl (C=O) groups is 1. The quantitative estimate of drug-likeness (QED) is 0.714. The number of aromatic nitrogens is 1. The van der Waals surface area contributed by atoms with Gasteiger partial charge in [0.15, 0.2) is 0 Å². The van der Waals surface area contributed by atoms with Gasteiger partial charge in [0.2, 0.25) is 0 Å². The van der Waals surface area contributed by atoms with Crippen molar-refractivity contribution in [3.8, 4) is 0 Å². The lowest BCUT2D eigenvalue weighted by Gasteiger charge is -2.30. The van der Waals surface area contributed by atoms with Gasteiger partial charge >= 0.3 is 0 Å². The van der Waals surface area contributed by atoms with E-state index in [1.165, 1.54) is 67.9 Å². The van der Waals surface area contributed by atoms with E-state index in [0.717, 1.165) is 17.4 Å². The highest BCUT2D eigenvalue weighted by atomic mass is 16.1. The van der Waals surface area contributed by atoms with Crippen LogP contribution >= 0.6 is 0 Å². The van der Waals surface area contributed by atoms with Crippen molar-refractivity contribution in [3.63, 3.8) is 0 Å². The van der Waals surface area contributed by atoms with Crippen LogP contribution in [-0.4, -0.2) is 10.9 Å². The highest BCUT2D eigenvalue weighted by Gasteiger charge is 2.26. The summed E-state index contributed by atoms with van der Waals surface area (Å²) in [6.07, 6.45) is 10.4. The molecule has 0 saturated heterocycles. The summed E-state index contributed by atoms with van der Waals surface area (Å²) in [5.74, 6) is 2.63. The van der Waals surface area contributed by atoms with Gasteiger partial charge < -0.3 is 10.7 Å². The molecule has 2 aliphatic rings. The number of nitrogens with one attached hydrogen (secondary N) is 1. The minimum atomic E-state index is -0.363. The number of hydrogen-bond acceptors (Lipinski definition) is 1. The minimum absolute atomic E-state index is 0.363. The molecule has 2 saturated carbocycles. The molecule has 1 aromatic heterocycles. The van der Waals surface area contributed by atoms with Gasteiger partial charge in [0.1, 0.15) is 5.69 Å². The van der Waals surface area contributed by atoms with Gasteiger partial charge in [0.25, 0.3) is 5.91 Å². The Morgan fingerprint density at radius 3 is 2.04 bits per heavy atom. The molecule has 2 aliphatic carbocycles. The van der Waals surface area contributed by atoms with E-state index in [1.807, 2.05) is 6.07 Å². The van der Waals surface area contributed by atoms with Gasteiger partial charge in [-0.2, -0.15) is 0 Å². The second-order valence-electron chi connectivity index (χ2n) is 9.03. The first-order valence-corrected chi connectivity index (χ1v) is 10.5. The zero-order chi connectivity index (χ0) is 18.3. The van der Waals surface area contributed by atoms with Crippen LogP contribution in [0.25, 0.3) is 10.9 Å². The zero-order valence-electron chi connectivity index (χ0n) is 16.2. The van der Waals surface area contributed by atoms with Crippen molar-refractivity contribution in [2.75, 3.05) is 0 Å². The van der Waals surface area contributed by atoms with E-state index in [2.05, 4.69) is 31.0 Å². The largest absolute Gasteiger partial charge is 0.364 e. The maximum atomic E-state index is 11.7. The number of rotatable bonds is 3. The van der Waals surface area contributed by atoms with Crippen LogP contribution in [0.3, 0.4) is 0 Å². The second-order valence-corrected chi connectivity index (χ2v) is 9.03. The van der Waals surface area contributed by atoms with Crippen LogP contribution in [-0.2, 0) is 0 Å². The normalized spacial score (nSPS) is 29.8. The molecular weight excluding hydrogens is 320 g/mol. The Morgan fingerprint density at radius 1 is 0.885 bits per heavy atom. The van der Waals surface area contributed by atoms with Crippen molar-refractivity contribution in [1.29, 1.82) is 0 Å². The number of H-pyrrole nitrogens is 1. The van der Waals surface area contributed by atoms with Gasteiger partial charge in [-0.25, -0.2) is 0 Å². The van der Waals surface area contributed by atoms with Crippen LogP contribution in [0, 0.1) is 11.8 Å². The van der Waals surface area contributed by atoms with Gasteiger partial charge in [-0.1, -0.05) is 45.6 Å². The molecule has 3 heteroatoms. The standard InChI is InChI=1S/C23H32N2O/c1-14-3-7-16(8-4-14)18-11-19(17-9-5-15(2)6-10-17)20-13-22(23(24)26)25-21(20)12-18/h11-17,25H,3-10H2,1-2H3,(H2,24,26). The Balaban J connectivity index is 1.75. The van der Waals surface area contributed by atoms with Crippen molar-refractivity contribution >= 4 is 16.8 Å². The summed E-state index contributed by atoms with van der Waals surface area (Å²) in [6.45, 7) is 4.74. The third kappa shape index (κ3) is 3.41. The molecule has 0 spiro atoms. The number of benzene rings is 1. The topological polar surface area (TPSA) is 58.9 Å². The predicted molar refractivity (Wildman–Crippen MR) is 108 cm³/mol. The smallest absolute Gasteiger partial charge is 0.265 e. The van der Waals surface area contributed by atoms with Crippen molar-refractivity contribution in [2.45, 2.75) is 77.0 Å². The summed E-state index contributed by atoms with van der Waals surface area (Å²) < 4.78 is 0. The summed E-state index contributed by atoms with van der Waals surface area (Å²) in [6, 6.07) is 6.75. The van der Waals surface area contributed by atoms with Gasteiger partial charge in [-0.15, -0.1) is 0 Å². The molecule has 0 atom stereocenters. The van der Waals surface area contributed by atoms with Crippen LogP contribution in [0.1, 0.15) is 98.7 Å². The number of primary amides is 1. The first-order valence-electron chi connectivity index (χ1n) is 10.5. The molecule has 0 aliphatic heterocycles. The zero-order valence-corrected chi connectivity index (χ0v) is 16.2. The Labute approximate surface area is 156 Å². The lowest BCUT2D eigenvalue weighted by Crippen LogP contribution is -2.13. The van der Waals surface area contributed by atoms with E-state index in [1.54, 1.807) is 0 Å². The van der Waals surface area contributed by atoms with Crippen LogP contribution in [0.2, 0.25) is 0 Å². The van der Waals surface area contributed by atoms with Crippen molar-refractivity contribution in [1.82, 2.24) is 4.98 Å². The molecular formula is C23H32N2O. The van der Waals surface area contributed by atoms with E-state index < -0.39 is 0 Å². The summed E-state index contributed by atoms with van der Waals surface area (Å²) >= 11 is 0. The third-order valence-electron chi connectivity index (χ3n) is 7.00. The Kier molecular flexibility index (Phi) is 4.81. The average molecular weight is 353 g/mol. The van der Waals surface area contributed by atoms with E-state index in [4.69, 9.17) is 5.73 Å². The lowest BCUT2D eigenvalue weighted by atomic mass is 9.75. The Morgan fingerprint density at radius 2 is 1.46 bits per heavy atom. The molecule has 1 aromatic carbocycles. The SMILES string of the molecule is CC1CCC(c2cc(C3CCC(C)CC3)c3cc(C(N)=O)[nH]c3c2)CC1. The number of amides is 1. The molecule has 2 fully saturated rings. The van der Waals surface area contributed by atoms with Crippen LogP contribution < -0.4 is 5.73 Å². The van der Waals surface area contributed by atoms with Gasteiger partial charge in [0.05, 0.1) is 0 Å². The number of carbonyl (C=O) groups excluding carboxylic acids is 1. The summed E-state index contributed by atoms with van der Waals surface area (Å²) in [5, 5.41) is 1.21. The van der Waals surface area contributed by atoms with E-state index in [-0.39, 0.29) is 5.91 Å². The molecule has 3 N–H and O–H groups in total. The van der Waals surface area contributed by atoms with Crippen LogP contribution in [0.5, 0.6) is 0 Å². The summed E-state index contributed by atoms with van der Waals surface area (Å²) in [5.41, 5.74) is 10.1. The maximum absolute atomic E-state index is 11.7. The summed E-state index contributed by atoms with van der Waals surface area (Å²) in [4.78, 5) is 15.0. The molecule has 26 heavy (non-hydrogen) atoms. The number of aromatic amines is 1. The predicted octanol–water partition coefficient (Wildman–Crippen LogP) is 5.85. The minimum Gasteiger partial charge on any atom is -0.364 e. The first-order chi connectivity index (χ1) is 12.5. The second kappa shape index (κ2) is 7.09. The number of fused-ring (bicyclic) bond motifs is 1. The maximum Gasteiger partial charge on any atom is 0.265 e. The molecule has 1 heterocycles. The monoisotopic (exact) mass is 352 g/mol. The van der Waals surface area contributed by atoms with Crippen molar-refractivity contribution < 1.29 is 4.79 Å². The van der Waals surface area contributed by atoms with Crippen molar-refractivity contribution in [2.24, 2.45) is 17.6 Å². The van der Waals surface area contributed by atoms with E-state index in [0.29, 0.717) is 17.5 Å².